The topological polar surface area (TPSA) is 20.2 Å². The quantitative estimate of drug-likeness (QED) is 0.522. The smallest absolute Gasteiger partial charge is 0.0591 e. The molecule has 0 fully saturated rings. The molecule has 1 heteroatoms. The van der Waals surface area contributed by atoms with Gasteiger partial charge in [-0.25, -0.2) is 0 Å². The van der Waals surface area contributed by atoms with Crippen LogP contribution in [0, 0.1) is 12.3 Å². The Morgan fingerprint density at radius 2 is 1.54 bits per heavy atom. The second kappa shape index (κ2) is 9.27. The maximum atomic E-state index is 10.4. The van der Waals surface area contributed by atoms with E-state index >= 15 is 0 Å². The Kier molecular flexibility index (Phi) is 7.51. The van der Waals surface area contributed by atoms with E-state index in [0.29, 0.717) is 0 Å². The standard InChI is InChI=1S/C27H40O/c1-8-21-12-11-13-23(19-21)27(9-2,10-3)24-16-14-22(20(4)18-24)15-17-25(28)26(5,6)7/h11-14,16,18-19,25,28H,8-10,15,17H2,1-7H3. The van der Waals surface area contributed by atoms with Crippen LogP contribution in [0.2, 0.25) is 0 Å². The Morgan fingerprint density at radius 3 is 2.07 bits per heavy atom. The van der Waals surface area contributed by atoms with E-state index < -0.39 is 0 Å². The van der Waals surface area contributed by atoms with E-state index in [1.165, 1.54) is 27.8 Å². The number of aliphatic hydroxyl groups excluding tert-OH is 1. The van der Waals surface area contributed by atoms with Gasteiger partial charge in [-0.3, -0.25) is 0 Å². The molecule has 0 bridgehead atoms. The second-order valence-electron chi connectivity index (χ2n) is 9.40. The number of hydrogen-bond acceptors (Lipinski definition) is 1. The van der Waals surface area contributed by atoms with Crippen LogP contribution in [-0.4, -0.2) is 11.2 Å². The van der Waals surface area contributed by atoms with Gasteiger partial charge < -0.3 is 5.11 Å². The lowest BCUT2D eigenvalue weighted by Gasteiger charge is -2.34. The summed E-state index contributed by atoms with van der Waals surface area (Å²) in [6.45, 7) is 15.4. The van der Waals surface area contributed by atoms with Crippen molar-refractivity contribution in [3.8, 4) is 0 Å². The highest BCUT2D eigenvalue weighted by atomic mass is 16.3. The Hall–Kier alpha value is -1.60. The molecule has 2 aromatic carbocycles. The van der Waals surface area contributed by atoms with E-state index in [9.17, 15) is 5.11 Å². The van der Waals surface area contributed by atoms with Crippen molar-refractivity contribution in [2.75, 3.05) is 0 Å². The van der Waals surface area contributed by atoms with E-state index in [-0.39, 0.29) is 16.9 Å². The molecule has 0 saturated carbocycles. The molecule has 2 aromatic rings. The maximum absolute atomic E-state index is 10.4. The minimum atomic E-state index is -0.270. The van der Waals surface area contributed by atoms with Crippen LogP contribution < -0.4 is 0 Å². The minimum Gasteiger partial charge on any atom is -0.393 e. The molecular weight excluding hydrogens is 340 g/mol. The molecule has 0 saturated heterocycles. The van der Waals surface area contributed by atoms with Gasteiger partial charge in [-0.2, -0.15) is 0 Å². The van der Waals surface area contributed by atoms with Gasteiger partial charge in [-0.1, -0.05) is 84.0 Å². The van der Waals surface area contributed by atoms with Gasteiger partial charge in [0.05, 0.1) is 6.10 Å². The third-order valence-corrected chi connectivity index (χ3v) is 6.68. The molecule has 1 nitrogen and oxygen atoms in total. The monoisotopic (exact) mass is 380 g/mol. The molecule has 0 heterocycles. The fourth-order valence-electron chi connectivity index (χ4n) is 4.32. The van der Waals surface area contributed by atoms with Crippen LogP contribution in [-0.2, 0) is 18.3 Å². The lowest BCUT2D eigenvalue weighted by molar-refractivity contribution is 0.0560. The summed E-state index contributed by atoms with van der Waals surface area (Å²) in [6, 6.07) is 16.2. The van der Waals surface area contributed by atoms with Crippen molar-refractivity contribution in [2.24, 2.45) is 5.41 Å². The normalized spacial score (nSPS) is 13.6. The van der Waals surface area contributed by atoms with E-state index in [2.05, 4.69) is 90.9 Å². The van der Waals surface area contributed by atoms with Gasteiger partial charge in [-0.15, -0.1) is 0 Å². The Morgan fingerprint density at radius 1 is 0.893 bits per heavy atom. The molecule has 2 rings (SSSR count). The number of aryl methyl sites for hydroxylation is 3. The zero-order valence-electron chi connectivity index (χ0n) is 19.1. The van der Waals surface area contributed by atoms with Crippen LogP contribution in [0.25, 0.3) is 0 Å². The summed E-state index contributed by atoms with van der Waals surface area (Å²) in [5.74, 6) is 0. The summed E-state index contributed by atoms with van der Waals surface area (Å²) in [6.07, 6.45) is 4.74. The van der Waals surface area contributed by atoms with Crippen molar-refractivity contribution >= 4 is 0 Å². The predicted octanol–water partition coefficient (Wildman–Crippen LogP) is 7.00. The molecule has 0 aromatic heterocycles. The van der Waals surface area contributed by atoms with E-state index in [4.69, 9.17) is 0 Å². The van der Waals surface area contributed by atoms with Gasteiger partial charge in [0.1, 0.15) is 0 Å². The first-order valence-corrected chi connectivity index (χ1v) is 11.1. The fourth-order valence-corrected chi connectivity index (χ4v) is 4.32. The van der Waals surface area contributed by atoms with Crippen LogP contribution >= 0.6 is 0 Å². The van der Waals surface area contributed by atoms with Crippen LogP contribution in [0.15, 0.2) is 42.5 Å². The lowest BCUT2D eigenvalue weighted by Crippen LogP contribution is -2.27. The SMILES string of the molecule is CCc1cccc(C(CC)(CC)c2ccc(CCC(O)C(C)(C)C)c(C)c2)c1. The van der Waals surface area contributed by atoms with E-state index in [1.54, 1.807) is 0 Å². The lowest BCUT2D eigenvalue weighted by atomic mass is 9.69. The van der Waals surface area contributed by atoms with Crippen molar-refractivity contribution in [2.45, 2.75) is 92.1 Å². The molecular formula is C27H40O. The third kappa shape index (κ3) is 4.87. The summed E-state index contributed by atoms with van der Waals surface area (Å²) < 4.78 is 0. The van der Waals surface area contributed by atoms with E-state index in [1.807, 2.05) is 0 Å². The van der Waals surface area contributed by atoms with Crippen LogP contribution in [0.1, 0.15) is 88.6 Å². The molecule has 0 aliphatic carbocycles. The van der Waals surface area contributed by atoms with Gasteiger partial charge in [0.2, 0.25) is 0 Å². The first kappa shape index (κ1) is 22.7. The van der Waals surface area contributed by atoms with Gasteiger partial charge in [0.25, 0.3) is 0 Å². The number of aliphatic hydroxyl groups is 1. The molecule has 0 aliphatic rings. The van der Waals surface area contributed by atoms with Crippen LogP contribution in [0.3, 0.4) is 0 Å². The summed E-state index contributed by atoms with van der Waals surface area (Å²) in [4.78, 5) is 0. The average molecular weight is 381 g/mol. The Bertz CT molecular complexity index is 762. The number of hydrogen-bond donors (Lipinski definition) is 1. The summed E-state index contributed by atoms with van der Waals surface area (Å²) in [5.41, 5.74) is 6.98. The van der Waals surface area contributed by atoms with Crippen molar-refractivity contribution in [3.05, 3.63) is 70.3 Å². The van der Waals surface area contributed by atoms with Gasteiger partial charge in [0, 0.05) is 5.41 Å². The highest BCUT2D eigenvalue weighted by molar-refractivity contribution is 5.44. The first-order chi connectivity index (χ1) is 13.2. The zero-order chi connectivity index (χ0) is 20.9. The van der Waals surface area contributed by atoms with Crippen molar-refractivity contribution < 1.29 is 5.11 Å². The zero-order valence-corrected chi connectivity index (χ0v) is 19.1. The summed E-state index contributed by atoms with van der Waals surface area (Å²) >= 11 is 0. The molecule has 0 spiro atoms. The van der Waals surface area contributed by atoms with Crippen molar-refractivity contribution in [1.82, 2.24) is 0 Å². The van der Waals surface area contributed by atoms with Gasteiger partial charge >= 0.3 is 0 Å². The highest BCUT2D eigenvalue weighted by Crippen LogP contribution is 2.40. The summed E-state index contributed by atoms with van der Waals surface area (Å²) in [7, 11) is 0. The molecule has 0 amide bonds. The number of benzene rings is 2. The van der Waals surface area contributed by atoms with Crippen LogP contribution in [0.4, 0.5) is 0 Å². The van der Waals surface area contributed by atoms with E-state index in [0.717, 1.165) is 32.1 Å². The molecule has 1 unspecified atom stereocenters. The molecule has 28 heavy (non-hydrogen) atoms. The molecule has 0 radical (unpaired) electrons. The third-order valence-electron chi connectivity index (χ3n) is 6.68. The molecule has 154 valence electrons. The average Bonchev–Trinajstić information content (AvgIpc) is 2.68. The van der Waals surface area contributed by atoms with Crippen LogP contribution in [0.5, 0.6) is 0 Å². The van der Waals surface area contributed by atoms with Gasteiger partial charge in [0.15, 0.2) is 0 Å². The maximum Gasteiger partial charge on any atom is 0.0591 e. The summed E-state index contributed by atoms with van der Waals surface area (Å²) in [5, 5.41) is 10.4. The molecule has 1 N–H and O–H groups in total. The molecule has 0 aliphatic heterocycles. The minimum absolute atomic E-state index is 0.0578. The fraction of sp³-hybridized carbons (Fsp3) is 0.556. The first-order valence-electron chi connectivity index (χ1n) is 11.1. The predicted molar refractivity (Wildman–Crippen MR) is 122 cm³/mol. The van der Waals surface area contributed by atoms with Gasteiger partial charge in [-0.05, 0) is 72.3 Å². The molecule has 1 atom stereocenters. The highest BCUT2D eigenvalue weighted by Gasteiger charge is 2.31. The Labute approximate surface area is 173 Å². The van der Waals surface area contributed by atoms with Crippen molar-refractivity contribution in [3.63, 3.8) is 0 Å². The second-order valence-corrected chi connectivity index (χ2v) is 9.40. The number of rotatable bonds is 8. The Balaban J connectivity index is 2.35. The largest absolute Gasteiger partial charge is 0.393 e. The van der Waals surface area contributed by atoms with Crippen molar-refractivity contribution in [1.29, 1.82) is 0 Å².